The van der Waals surface area contributed by atoms with E-state index in [-0.39, 0.29) is 11.4 Å². The molecule has 7 nitrogen and oxygen atoms in total. The molecule has 0 aromatic heterocycles. The second-order valence-electron chi connectivity index (χ2n) is 5.00. The number of hydrogen-bond donors (Lipinski definition) is 1. The van der Waals surface area contributed by atoms with Crippen LogP contribution in [0.5, 0.6) is 5.75 Å². The molecule has 110 valence electrons. The highest BCUT2D eigenvalue weighted by molar-refractivity contribution is 5.76. The van der Waals surface area contributed by atoms with Crippen molar-refractivity contribution in [3.63, 3.8) is 0 Å². The predicted octanol–water partition coefficient (Wildman–Crippen LogP) is 2.66. The van der Waals surface area contributed by atoms with E-state index in [0.29, 0.717) is 0 Å². The molecule has 0 aliphatic rings. The van der Waals surface area contributed by atoms with Gasteiger partial charge < -0.3 is 9.57 Å². The van der Waals surface area contributed by atoms with Crippen molar-refractivity contribution < 1.29 is 23.7 Å². The first-order chi connectivity index (χ1) is 9.16. The number of nitrogens with zero attached hydrogens (tertiary/aromatic N) is 1. The zero-order chi connectivity index (χ0) is 15.5. The van der Waals surface area contributed by atoms with E-state index >= 15 is 0 Å². The van der Waals surface area contributed by atoms with Crippen molar-refractivity contribution in [1.82, 2.24) is 0 Å². The van der Waals surface area contributed by atoms with Crippen LogP contribution in [0.15, 0.2) is 12.1 Å². The number of carbonyl (C=O) groups excluding carboxylic acids is 1. The fourth-order valence-corrected chi connectivity index (χ4v) is 1.19. The Morgan fingerprint density at radius 2 is 2.00 bits per heavy atom. The molecule has 1 rings (SSSR count). The molecule has 1 aromatic rings. The Balaban J connectivity index is 3.02. The van der Waals surface area contributed by atoms with Gasteiger partial charge in [-0.15, -0.1) is 0 Å². The summed E-state index contributed by atoms with van der Waals surface area (Å²) in [6.07, 6.45) is 0. The number of benzene rings is 1. The number of nitro benzene ring substituents is 1. The van der Waals surface area contributed by atoms with Crippen molar-refractivity contribution in [2.45, 2.75) is 20.8 Å². The minimum Gasteiger partial charge on any atom is -0.494 e. The highest BCUT2D eigenvalue weighted by Crippen LogP contribution is 2.32. The Labute approximate surface area is 114 Å². The van der Waals surface area contributed by atoms with Gasteiger partial charge in [0, 0.05) is 12.1 Å². The lowest BCUT2D eigenvalue weighted by Crippen LogP contribution is -2.25. The second kappa shape index (κ2) is 5.72. The minimum absolute atomic E-state index is 0.0156. The normalized spacial score (nSPS) is 10.8. The van der Waals surface area contributed by atoms with Gasteiger partial charge in [0.1, 0.15) is 11.4 Å². The molecule has 0 atom stereocenters. The maximum absolute atomic E-state index is 13.4. The van der Waals surface area contributed by atoms with Gasteiger partial charge in [0.05, 0.1) is 17.4 Å². The van der Waals surface area contributed by atoms with E-state index in [2.05, 4.69) is 5.48 Å². The predicted molar refractivity (Wildman–Crippen MR) is 68.8 cm³/mol. The molecule has 0 aliphatic heterocycles. The Kier molecular flexibility index (Phi) is 4.49. The Bertz CT molecular complexity index is 539. The third-order valence-electron chi connectivity index (χ3n) is 2.33. The largest absolute Gasteiger partial charge is 0.494 e. The lowest BCUT2D eigenvalue weighted by molar-refractivity contribution is -0.387. The molecule has 8 heteroatoms. The van der Waals surface area contributed by atoms with Gasteiger partial charge >= 0.3 is 11.7 Å². The number of ether oxygens (including phenoxy) is 1. The van der Waals surface area contributed by atoms with E-state index in [1.165, 1.54) is 7.11 Å². The van der Waals surface area contributed by atoms with Crippen molar-refractivity contribution in [2.75, 3.05) is 12.6 Å². The van der Waals surface area contributed by atoms with Crippen LogP contribution >= 0.6 is 0 Å². The molecule has 0 spiro atoms. The van der Waals surface area contributed by atoms with E-state index in [1.807, 2.05) is 0 Å². The number of anilines is 1. The van der Waals surface area contributed by atoms with Gasteiger partial charge in [0.15, 0.2) is 0 Å². The number of nitro groups is 1. The molecule has 0 aliphatic carbocycles. The van der Waals surface area contributed by atoms with Crippen LogP contribution in [0, 0.1) is 21.3 Å². The van der Waals surface area contributed by atoms with Crippen LogP contribution in [-0.2, 0) is 9.63 Å². The second-order valence-corrected chi connectivity index (χ2v) is 5.00. The first-order valence-electron chi connectivity index (χ1n) is 5.66. The molecule has 20 heavy (non-hydrogen) atoms. The van der Waals surface area contributed by atoms with Crippen molar-refractivity contribution in [3.8, 4) is 5.75 Å². The summed E-state index contributed by atoms with van der Waals surface area (Å²) in [6.45, 7) is 4.92. The SMILES string of the molecule is COc1cc(F)c([N+](=O)[O-])cc1NOC(=O)C(C)(C)C. The number of methoxy groups -OCH3 is 1. The monoisotopic (exact) mass is 286 g/mol. The molecule has 1 aromatic carbocycles. The van der Waals surface area contributed by atoms with Gasteiger partial charge in [-0.2, -0.15) is 4.39 Å². The molecule has 0 saturated carbocycles. The lowest BCUT2D eigenvalue weighted by Gasteiger charge is -2.17. The van der Waals surface area contributed by atoms with E-state index < -0.39 is 27.8 Å². The number of halogens is 1. The molecule has 1 N–H and O–H groups in total. The van der Waals surface area contributed by atoms with Crippen LogP contribution in [-0.4, -0.2) is 18.0 Å². The van der Waals surface area contributed by atoms with Crippen molar-refractivity contribution in [3.05, 3.63) is 28.1 Å². The summed E-state index contributed by atoms with van der Waals surface area (Å²) in [7, 11) is 1.26. The summed E-state index contributed by atoms with van der Waals surface area (Å²) in [4.78, 5) is 26.2. The van der Waals surface area contributed by atoms with E-state index in [9.17, 15) is 19.3 Å². The average Bonchev–Trinajstić information content (AvgIpc) is 2.34. The summed E-state index contributed by atoms with van der Waals surface area (Å²) in [6, 6.07) is 1.73. The van der Waals surface area contributed by atoms with E-state index in [4.69, 9.17) is 9.57 Å². The van der Waals surface area contributed by atoms with Crippen LogP contribution < -0.4 is 10.2 Å². The van der Waals surface area contributed by atoms with Crippen molar-refractivity contribution >= 4 is 17.3 Å². The van der Waals surface area contributed by atoms with Crippen LogP contribution in [0.2, 0.25) is 0 Å². The van der Waals surface area contributed by atoms with Gasteiger partial charge in [-0.05, 0) is 20.8 Å². The third-order valence-corrected chi connectivity index (χ3v) is 2.33. The molecule has 0 saturated heterocycles. The van der Waals surface area contributed by atoms with Gasteiger partial charge in [-0.25, -0.2) is 10.3 Å². The standard InChI is InChI=1S/C12H15FN2O5/c1-12(2,3)11(16)20-14-8-6-9(15(17)18)7(13)5-10(8)19-4/h5-6,14H,1-4H3. The summed E-state index contributed by atoms with van der Waals surface area (Å²) in [5.41, 5.74) is 0.724. The molecular formula is C12H15FN2O5. The fraction of sp³-hybridized carbons (Fsp3) is 0.417. The molecule has 0 bridgehead atoms. The molecular weight excluding hydrogens is 271 g/mol. The Hall–Kier alpha value is -2.38. The summed E-state index contributed by atoms with van der Waals surface area (Å²) >= 11 is 0. The maximum atomic E-state index is 13.4. The lowest BCUT2D eigenvalue weighted by atomic mass is 9.98. The maximum Gasteiger partial charge on any atom is 0.337 e. The van der Waals surface area contributed by atoms with Crippen LogP contribution in [0.3, 0.4) is 0 Å². The van der Waals surface area contributed by atoms with Crippen molar-refractivity contribution in [2.24, 2.45) is 5.41 Å². The summed E-state index contributed by atoms with van der Waals surface area (Å²) in [5.74, 6) is -1.64. The van der Waals surface area contributed by atoms with Crippen LogP contribution in [0.1, 0.15) is 20.8 Å². The highest BCUT2D eigenvalue weighted by Gasteiger charge is 2.25. The number of nitrogens with one attached hydrogen (secondary N) is 1. The Morgan fingerprint density at radius 3 is 2.45 bits per heavy atom. The Morgan fingerprint density at radius 1 is 1.40 bits per heavy atom. The molecule has 0 heterocycles. The van der Waals surface area contributed by atoms with Gasteiger partial charge in [-0.1, -0.05) is 0 Å². The first-order valence-corrected chi connectivity index (χ1v) is 5.66. The number of hydrogen-bond acceptors (Lipinski definition) is 6. The molecule has 0 fully saturated rings. The zero-order valence-corrected chi connectivity index (χ0v) is 11.5. The molecule has 0 unspecified atom stereocenters. The van der Waals surface area contributed by atoms with Gasteiger partial charge in [0.25, 0.3) is 0 Å². The van der Waals surface area contributed by atoms with E-state index in [1.54, 1.807) is 20.8 Å². The topological polar surface area (TPSA) is 90.7 Å². The fourth-order valence-electron chi connectivity index (χ4n) is 1.19. The van der Waals surface area contributed by atoms with Crippen LogP contribution in [0.4, 0.5) is 15.8 Å². The number of rotatable bonds is 4. The van der Waals surface area contributed by atoms with Crippen LogP contribution in [0.25, 0.3) is 0 Å². The first kappa shape index (κ1) is 15.7. The summed E-state index contributed by atoms with van der Waals surface area (Å²) < 4.78 is 18.3. The smallest absolute Gasteiger partial charge is 0.337 e. The zero-order valence-electron chi connectivity index (χ0n) is 11.5. The molecule has 0 radical (unpaired) electrons. The molecule has 0 amide bonds. The van der Waals surface area contributed by atoms with E-state index in [0.717, 1.165) is 12.1 Å². The van der Waals surface area contributed by atoms with Gasteiger partial charge in [0.2, 0.25) is 5.82 Å². The minimum atomic E-state index is -1.04. The summed E-state index contributed by atoms with van der Waals surface area (Å²) in [5, 5.41) is 10.7. The highest BCUT2D eigenvalue weighted by atomic mass is 19.1. The number of carbonyl (C=O) groups is 1. The van der Waals surface area contributed by atoms with Gasteiger partial charge in [-0.3, -0.25) is 10.1 Å². The quantitative estimate of drug-likeness (QED) is 0.676. The third kappa shape index (κ3) is 3.56. The average molecular weight is 286 g/mol. The van der Waals surface area contributed by atoms with Crippen molar-refractivity contribution in [1.29, 1.82) is 0 Å².